The third-order valence-electron chi connectivity index (χ3n) is 6.13. The van der Waals surface area contributed by atoms with Gasteiger partial charge in [-0.3, -0.25) is 9.78 Å². The van der Waals surface area contributed by atoms with Crippen LogP contribution < -0.4 is 4.90 Å². The highest BCUT2D eigenvalue weighted by Crippen LogP contribution is 2.52. The maximum absolute atomic E-state index is 12.8. The number of hydrogen-bond acceptors (Lipinski definition) is 6. The molecule has 3 aromatic heterocycles. The fraction of sp³-hybridized carbons (Fsp3) is 0.476. The second kappa shape index (κ2) is 6.79. The minimum Gasteiger partial charge on any atom is -0.353 e. The van der Waals surface area contributed by atoms with E-state index in [1.54, 1.807) is 16.9 Å². The van der Waals surface area contributed by atoms with Crippen molar-refractivity contribution in [2.75, 3.05) is 31.1 Å². The van der Waals surface area contributed by atoms with E-state index >= 15 is 0 Å². The maximum atomic E-state index is 12.8. The number of carbonyl (C=O) groups excluding carboxylic acids is 1. The standard InChI is InChI=1S/C21H25N7O/c1-21(2)14-16(21)20(29)27-11-3-10-26(12-13-27)18-5-4-17-23-24-19(28(17)25-18)15-6-8-22-9-7-15/h4-9,16H,3,10-14H2,1-2H3. The number of pyridine rings is 1. The SMILES string of the molecule is CC1(C)CC1C(=O)N1CCCN(c2ccc3nnc(-c4ccncc4)n3n2)CC1. The van der Waals surface area contributed by atoms with Crippen molar-refractivity contribution in [1.29, 1.82) is 0 Å². The van der Waals surface area contributed by atoms with Crippen LogP contribution >= 0.6 is 0 Å². The predicted octanol–water partition coefficient (Wildman–Crippen LogP) is 2.27. The molecule has 29 heavy (non-hydrogen) atoms. The Kier molecular flexibility index (Phi) is 4.22. The van der Waals surface area contributed by atoms with Gasteiger partial charge in [0.1, 0.15) is 5.82 Å². The summed E-state index contributed by atoms with van der Waals surface area (Å²) >= 11 is 0. The molecule has 5 rings (SSSR count). The summed E-state index contributed by atoms with van der Waals surface area (Å²) in [5, 5.41) is 13.3. The molecule has 8 nitrogen and oxygen atoms in total. The fourth-order valence-corrected chi connectivity index (χ4v) is 4.10. The molecule has 0 N–H and O–H groups in total. The van der Waals surface area contributed by atoms with Gasteiger partial charge in [0.2, 0.25) is 5.91 Å². The van der Waals surface area contributed by atoms with Gasteiger partial charge in [-0.15, -0.1) is 15.3 Å². The molecular weight excluding hydrogens is 366 g/mol. The number of aromatic nitrogens is 5. The number of rotatable bonds is 3. The van der Waals surface area contributed by atoms with Crippen molar-refractivity contribution in [3.8, 4) is 11.4 Å². The third kappa shape index (κ3) is 3.32. The first kappa shape index (κ1) is 18.0. The molecular formula is C21H25N7O. The molecule has 1 saturated carbocycles. The van der Waals surface area contributed by atoms with E-state index in [1.807, 2.05) is 29.2 Å². The number of amides is 1. The second-order valence-corrected chi connectivity index (χ2v) is 8.63. The van der Waals surface area contributed by atoms with E-state index in [2.05, 4.69) is 33.9 Å². The molecule has 0 aromatic carbocycles. The quantitative estimate of drug-likeness (QED) is 0.681. The lowest BCUT2D eigenvalue weighted by molar-refractivity contribution is -0.133. The van der Waals surface area contributed by atoms with Gasteiger partial charge in [-0.05, 0) is 42.5 Å². The van der Waals surface area contributed by atoms with Crippen LogP contribution in [0.1, 0.15) is 26.7 Å². The normalized spacial score (nSPS) is 21.2. The maximum Gasteiger partial charge on any atom is 0.226 e. The molecule has 1 unspecified atom stereocenters. The molecule has 0 spiro atoms. The summed E-state index contributed by atoms with van der Waals surface area (Å²) in [6.45, 7) is 7.58. The van der Waals surface area contributed by atoms with Crippen LogP contribution in [0.4, 0.5) is 5.82 Å². The zero-order valence-corrected chi connectivity index (χ0v) is 16.8. The summed E-state index contributed by atoms with van der Waals surface area (Å²) in [5.41, 5.74) is 1.81. The summed E-state index contributed by atoms with van der Waals surface area (Å²) in [6, 6.07) is 7.74. The molecule has 2 fully saturated rings. The van der Waals surface area contributed by atoms with Crippen molar-refractivity contribution in [2.45, 2.75) is 26.7 Å². The van der Waals surface area contributed by atoms with E-state index in [4.69, 9.17) is 5.10 Å². The molecule has 1 saturated heterocycles. The molecule has 8 heteroatoms. The molecule has 1 aliphatic carbocycles. The van der Waals surface area contributed by atoms with E-state index in [-0.39, 0.29) is 11.3 Å². The van der Waals surface area contributed by atoms with Gasteiger partial charge in [-0.1, -0.05) is 13.8 Å². The minimum absolute atomic E-state index is 0.174. The molecule has 4 heterocycles. The van der Waals surface area contributed by atoms with E-state index < -0.39 is 0 Å². The van der Waals surface area contributed by atoms with Crippen LogP contribution in [0, 0.1) is 11.3 Å². The third-order valence-corrected chi connectivity index (χ3v) is 6.13. The number of anilines is 1. The lowest BCUT2D eigenvalue weighted by Gasteiger charge is -2.23. The number of hydrogen-bond donors (Lipinski definition) is 0. The fourth-order valence-electron chi connectivity index (χ4n) is 4.10. The average molecular weight is 391 g/mol. The smallest absolute Gasteiger partial charge is 0.226 e. The van der Waals surface area contributed by atoms with Crippen molar-refractivity contribution in [2.24, 2.45) is 11.3 Å². The summed E-state index contributed by atoms with van der Waals surface area (Å²) < 4.78 is 1.78. The van der Waals surface area contributed by atoms with Crippen molar-refractivity contribution in [3.05, 3.63) is 36.7 Å². The van der Waals surface area contributed by atoms with Crippen LogP contribution in [-0.2, 0) is 4.79 Å². The van der Waals surface area contributed by atoms with E-state index in [0.29, 0.717) is 17.4 Å². The Morgan fingerprint density at radius 1 is 1.03 bits per heavy atom. The molecule has 0 bridgehead atoms. The monoisotopic (exact) mass is 391 g/mol. The predicted molar refractivity (Wildman–Crippen MR) is 109 cm³/mol. The van der Waals surface area contributed by atoms with Gasteiger partial charge < -0.3 is 9.80 Å². The summed E-state index contributed by atoms with van der Waals surface area (Å²) in [6.07, 6.45) is 5.43. The summed E-state index contributed by atoms with van der Waals surface area (Å²) in [5.74, 6) is 2.10. The Bertz CT molecular complexity index is 1050. The molecule has 1 aliphatic heterocycles. The highest BCUT2D eigenvalue weighted by atomic mass is 16.2. The van der Waals surface area contributed by atoms with Gasteiger partial charge in [-0.25, -0.2) is 0 Å². The van der Waals surface area contributed by atoms with Crippen molar-refractivity contribution >= 4 is 17.4 Å². The Morgan fingerprint density at radius 2 is 1.83 bits per heavy atom. The van der Waals surface area contributed by atoms with Crippen molar-refractivity contribution in [1.82, 2.24) is 29.7 Å². The van der Waals surface area contributed by atoms with Crippen molar-refractivity contribution < 1.29 is 4.79 Å². The van der Waals surface area contributed by atoms with Crippen LogP contribution in [0.2, 0.25) is 0 Å². The lowest BCUT2D eigenvalue weighted by atomic mass is 10.1. The van der Waals surface area contributed by atoms with E-state index in [9.17, 15) is 4.79 Å². The Labute approximate surface area is 169 Å². The Morgan fingerprint density at radius 3 is 2.59 bits per heavy atom. The first-order chi connectivity index (χ1) is 14.0. The second-order valence-electron chi connectivity index (χ2n) is 8.63. The number of carbonyl (C=O) groups is 1. The topological polar surface area (TPSA) is 79.5 Å². The van der Waals surface area contributed by atoms with Crippen LogP contribution in [0.3, 0.4) is 0 Å². The number of nitrogens with zero attached hydrogens (tertiary/aromatic N) is 7. The zero-order valence-electron chi connectivity index (χ0n) is 16.8. The van der Waals surface area contributed by atoms with Gasteiger partial charge >= 0.3 is 0 Å². The van der Waals surface area contributed by atoms with Crippen LogP contribution in [-0.4, -0.2) is 61.8 Å². The number of fused-ring (bicyclic) bond motifs is 1. The van der Waals surface area contributed by atoms with Crippen LogP contribution in [0.5, 0.6) is 0 Å². The Balaban J connectivity index is 1.36. The summed E-state index contributed by atoms with van der Waals surface area (Å²) in [7, 11) is 0. The highest BCUT2D eigenvalue weighted by molar-refractivity contribution is 5.82. The molecule has 1 atom stereocenters. The van der Waals surface area contributed by atoms with Gasteiger partial charge in [0, 0.05) is 50.1 Å². The highest BCUT2D eigenvalue weighted by Gasteiger charge is 2.51. The van der Waals surface area contributed by atoms with E-state index in [0.717, 1.165) is 50.4 Å². The zero-order chi connectivity index (χ0) is 20.0. The average Bonchev–Trinajstić information content (AvgIpc) is 3.28. The molecule has 1 amide bonds. The van der Waals surface area contributed by atoms with Crippen LogP contribution in [0.25, 0.3) is 17.0 Å². The minimum atomic E-state index is 0.174. The van der Waals surface area contributed by atoms with Crippen molar-refractivity contribution in [3.63, 3.8) is 0 Å². The molecule has 150 valence electrons. The molecule has 3 aromatic rings. The largest absolute Gasteiger partial charge is 0.353 e. The van der Waals surface area contributed by atoms with Gasteiger partial charge in [0.25, 0.3) is 0 Å². The lowest BCUT2D eigenvalue weighted by Crippen LogP contribution is -2.37. The van der Waals surface area contributed by atoms with E-state index in [1.165, 1.54) is 0 Å². The van der Waals surface area contributed by atoms with Gasteiger partial charge in [0.05, 0.1) is 0 Å². The first-order valence-electron chi connectivity index (χ1n) is 10.2. The molecule has 2 aliphatic rings. The van der Waals surface area contributed by atoms with Gasteiger partial charge in [0.15, 0.2) is 11.5 Å². The summed E-state index contributed by atoms with van der Waals surface area (Å²) in [4.78, 5) is 21.1. The van der Waals surface area contributed by atoms with Crippen LogP contribution in [0.15, 0.2) is 36.7 Å². The first-order valence-corrected chi connectivity index (χ1v) is 10.2. The van der Waals surface area contributed by atoms with Gasteiger partial charge in [-0.2, -0.15) is 4.52 Å². The Hall–Kier alpha value is -3.03. The molecule has 0 radical (unpaired) electrons.